The van der Waals surface area contributed by atoms with Gasteiger partial charge in [-0.05, 0) is 25.2 Å². The molecule has 0 atom stereocenters. The Morgan fingerprint density at radius 2 is 1.21 bits per heavy atom. The highest BCUT2D eigenvalue weighted by atomic mass is 16.5. The highest BCUT2D eigenvalue weighted by molar-refractivity contribution is 5.81. The number of unbranched alkanes of at least 4 members (excludes halogenated alkanes) is 15. The van der Waals surface area contributed by atoms with Gasteiger partial charge in [-0.15, -0.1) is 0 Å². The van der Waals surface area contributed by atoms with Crippen molar-refractivity contribution in [2.75, 3.05) is 6.61 Å². The molecule has 0 aliphatic rings. The zero-order valence-electron chi connectivity index (χ0n) is 19.5. The second kappa shape index (κ2) is 22.5. The second-order valence-electron chi connectivity index (χ2n) is 8.84. The van der Waals surface area contributed by atoms with Gasteiger partial charge in [-0.1, -0.05) is 123 Å². The summed E-state index contributed by atoms with van der Waals surface area (Å²) in [6, 6.07) is 0. The molecule has 0 fully saturated rings. The molecule has 0 N–H and O–H groups in total. The molecule has 0 radical (unpaired) electrons. The summed E-state index contributed by atoms with van der Waals surface area (Å²) in [6.07, 6.45) is 27.2. The molecule has 0 amide bonds. The largest absolute Gasteiger partial charge is 0.463 e. The fraction of sp³-hybridized carbons (Fsp3) is 0.885. The first-order valence-electron chi connectivity index (χ1n) is 12.5. The quantitative estimate of drug-likeness (QED) is 0.110. The first-order chi connectivity index (χ1) is 13.7. The number of esters is 1. The molecular weight excluding hydrogens is 344 g/mol. The zero-order chi connectivity index (χ0) is 20.7. The summed E-state index contributed by atoms with van der Waals surface area (Å²) >= 11 is 0. The first-order valence-corrected chi connectivity index (χ1v) is 12.5. The molecule has 28 heavy (non-hydrogen) atoms. The maximum absolute atomic E-state index is 11.6. The average Bonchev–Trinajstić information content (AvgIpc) is 2.67. The molecule has 0 saturated carbocycles. The van der Waals surface area contributed by atoms with Gasteiger partial charge in [0, 0.05) is 6.08 Å². The fourth-order valence-electron chi connectivity index (χ4n) is 3.51. The van der Waals surface area contributed by atoms with Crippen molar-refractivity contribution in [1.82, 2.24) is 0 Å². The van der Waals surface area contributed by atoms with Crippen LogP contribution in [0.25, 0.3) is 0 Å². The molecule has 0 bridgehead atoms. The number of hydrogen-bond acceptors (Lipinski definition) is 2. The zero-order valence-corrected chi connectivity index (χ0v) is 19.5. The standard InChI is InChI=1S/C26H50O2/c1-4-5-6-7-8-9-10-11-12-13-14-15-16-17-20-23-26(27)28-24-21-18-19-22-25(2)3/h20,23,25H,4-19,21-22,24H2,1-3H3. The molecular formula is C26H50O2. The third-order valence-electron chi connectivity index (χ3n) is 5.40. The van der Waals surface area contributed by atoms with E-state index in [0.29, 0.717) is 6.61 Å². The van der Waals surface area contributed by atoms with Crippen molar-refractivity contribution < 1.29 is 9.53 Å². The maximum atomic E-state index is 11.6. The molecule has 0 aliphatic heterocycles. The Labute approximate surface area is 176 Å². The lowest BCUT2D eigenvalue weighted by Crippen LogP contribution is -2.02. The third-order valence-corrected chi connectivity index (χ3v) is 5.40. The lowest BCUT2D eigenvalue weighted by Gasteiger charge is -2.04. The van der Waals surface area contributed by atoms with Gasteiger partial charge >= 0.3 is 5.97 Å². The number of allylic oxidation sites excluding steroid dienone is 1. The molecule has 0 spiro atoms. The smallest absolute Gasteiger partial charge is 0.330 e. The molecule has 0 heterocycles. The van der Waals surface area contributed by atoms with Crippen molar-refractivity contribution >= 4 is 5.97 Å². The highest BCUT2D eigenvalue weighted by Gasteiger charge is 1.98. The van der Waals surface area contributed by atoms with E-state index in [2.05, 4.69) is 20.8 Å². The minimum absolute atomic E-state index is 0.168. The summed E-state index contributed by atoms with van der Waals surface area (Å²) in [4.78, 5) is 11.6. The van der Waals surface area contributed by atoms with Crippen molar-refractivity contribution in [1.29, 1.82) is 0 Å². The molecule has 0 aliphatic carbocycles. The van der Waals surface area contributed by atoms with Gasteiger partial charge in [-0.2, -0.15) is 0 Å². The summed E-state index contributed by atoms with van der Waals surface area (Å²) in [5.41, 5.74) is 0. The van der Waals surface area contributed by atoms with Crippen molar-refractivity contribution in [3.8, 4) is 0 Å². The van der Waals surface area contributed by atoms with E-state index >= 15 is 0 Å². The molecule has 0 rings (SSSR count). The van der Waals surface area contributed by atoms with E-state index < -0.39 is 0 Å². The Bertz CT molecular complexity index is 346. The molecule has 0 saturated heterocycles. The van der Waals surface area contributed by atoms with Crippen LogP contribution in [-0.2, 0) is 9.53 Å². The normalized spacial score (nSPS) is 11.6. The van der Waals surface area contributed by atoms with E-state index in [-0.39, 0.29) is 5.97 Å². The summed E-state index contributed by atoms with van der Waals surface area (Å²) in [6.45, 7) is 7.35. The average molecular weight is 395 g/mol. The van der Waals surface area contributed by atoms with Crippen molar-refractivity contribution in [3.63, 3.8) is 0 Å². The van der Waals surface area contributed by atoms with Gasteiger partial charge < -0.3 is 4.74 Å². The number of ether oxygens (including phenoxy) is 1. The van der Waals surface area contributed by atoms with Crippen LogP contribution in [0.1, 0.15) is 136 Å². The van der Waals surface area contributed by atoms with Crippen molar-refractivity contribution in [2.45, 2.75) is 136 Å². The Morgan fingerprint density at radius 1 is 0.714 bits per heavy atom. The Kier molecular flexibility index (Phi) is 21.9. The molecule has 0 aromatic heterocycles. The van der Waals surface area contributed by atoms with Gasteiger partial charge in [0.05, 0.1) is 6.61 Å². The number of carbonyl (C=O) groups is 1. The van der Waals surface area contributed by atoms with Crippen LogP contribution in [0.15, 0.2) is 12.2 Å². The monoisotopic (exact) mass is 394 g/mol. The Morgan fingerprint density at radius 3 is 1.75 bits per heavy atom. The summed E-state index contributed by atoms with van der Waals surface area (Å²) < 4.78 is 5.24. The molecule has 0 aromatic carbocycles. The van der Waals surface area contributed by atoms with E-state index in [9.17, 15) is 4.79 Å². The maximum Gasteiger partial charge on any atom is 0.330 e. The number of rotatable bonds is 21. The van der Waals surface area contributed by atoms with Crippen molar-refractivity contribution in [3.05, 3.63) is 12.2 Å². The lowest BCUT2D eigenvalue weighted by molar-refractivity contribution is -0.137. The van der Waals surface area contributed by atoms with E-state index in [1.807, 2.05) is 6.08 Å². The molecule has 2 nitrogen and oxygen atoms in total. The minimum atomic E-state index is -0.168. The van der Waals surface area contributed by atoms with Gasteiger partial charge in [0.15, 0.2) is 0 Å². The van der Waals surface area contributed by atoms with Crippen LogP contribution in [0.2, 0.25) is 0 Å². The van der Waals surface area contributed by atoms with E-state index in [0.717, 1.165) is 25.2 Å². The summed E-state index contributed by atoms with van der Waals surface area (Å²) in [7, 11) is 0. The van der Waals surface area contributed by atoms with Gasteiger partial charge in [-0.3, -0.25) is 0 Å². The SMILES string of the molecule is CCCCCCCCCCCCCCCC=CC(=O)OCCCCCC(C)C. The van der Waals surface area contributed by atoms with Crippen LogP contribution in [0, 0.1) is 5.92 Å². The third kappa shape index (κ3) is 23.2. The Hall–Kier alpha value is -0.790. The molecule has 0 unspecified atom stereocenters. The van der Waals surface area contributed by atoms with Crippen LogP contribution < -0.4 is 0 Å². The lowest BCUT2D eigenvalue weighted by atomic mass is 10.0. The number of carbonyl (C=O) groups excluding carboxylic acids is 1. The van der Waals surface area contributed by atoms with Crippen LogP contribution in [0.3, 0.4) is 0 Å². The minimum Gasteiger partial charge on any atom is -0.463 e. The topological polar surface area (TPSA) is 26.3 Å². The van der Waals surface area contributed by atoms with Crippen LogP contribution in [0.5, 0.6) is 0 Å². The van der Waals surface area contributed by atoms with Gasteiger partial charge in [0.2, 0.25) is 0 Å². The predicted octanol–water partition coefficient (Wildman–Crippen LogP) is 8.78. The van der Waals surface area contributed by atoms with Crippen LogP contribution >= 0.6 is 0 Å². The van der Waals surface area contributed by atoms with Crippen LogP contribution in [-0.4, -0.2) is 12.6 Å². The fourth-order valence-corrected chi connectivity index (χ4v) is 3.51. The van der Waals surface area contributed by atoms with Gasteiger partial charge in [0.25, 0.3) is 0 Å². The van der Waals surface area contributed by atoms with E-state index in [1.165, 1.54) is 96.3 Å². The van der Waals surface area contributed by atoms with E-state index in [4.69, 9.17) is 4.74 Å². The second-order valence-corrected chi connectivity index (χ2v) is 8.84. The Balaban J connectivity index is 3.23. The highest BCUT2D eigenvalue weighted by Crippen LogP contribution is 2.13. The van der Waals surface area contributed by atoms with Crippen LogP contribution in [0.4, 0.5) is 0 Å². The predicted molar refractivity (Wildman–Crippen MR) is 124 cm³/mol. The summed E-state index contributed by atoms with van der Waals surface area (Å²) in [5.74, 6) is 0.606. The van der Waals surface area contributed by atoms with E-state index in [1.54, 1.807) is 6.08 Å². The molecule has 0 aromatic rings. The van der Waals surface area contributed by atoms with Gasteiger partial charge in [-0.25, -0.2) is 4.79 Å². The summed E-state index contributed by atoms with van der Waals surface area (Å²) in [5, 5.41) is 0. The van der Waals surface area contributed by atoms with Crippen molar-refractivity contribution in [2.24, 2.45) is 5.92 Å². The first kappa shape index (κ1) is 27.2. The van der Waals surface area contributed by atoms with Gasteiger partial charge in [0.1, 0.15) is 0 Å². The molecule has 166 valence electrons. The number of hydrogen-bond donors (Lipinski definition) is 0. The molecule has 2 heteroatoms.